The first-order valence-electron chi connectivity index (χ1n) is 3.24. The zero-order valence-electron chi connectivity index (χ0n) is 5.98. The van der Waals surface area contributed by atoms with Gasteiger partial charge in [0.15, 0.2) is 0 Å². The minimum atomic E-state index is -0.0833. The molecule has 0 fully saturated rings. The predicted molar refractivity (Wildman–Crippen MR) is 36.6 cm³/mol. The summed E-state index contributed by atoms with van der Waals surface area (Å²) in [5.74, 6) is 6.93. The second-order valence-corrected chi connectivity index (χ2v) is 1.89. The second kappa shape index (κ2) is 4.32. The van der Waals surface area contributed by atoms with E-state index in [4.69, 9.17) is 5.84 Å². The molecule has 3 nitrogen and oxygen atoms in total. The van der Waals surface area contributed by atoms with E-state index in [0.29, 0.717) is 13.0 Å². The van der Waals surface area contributed by atoms with Crippen molar-refractivity contribution in [1.29, 1.82) is 0 Å². The van der Waals surface area contributed by atoms with E-state index in [1.165, 1.54) is 0 Å². The van der Waals surface area contributed by atoms with Crippen LogP contribution in [-0.4, -0.2) is 17.5 Å². The Balaban J connectivity index is 3.46. The van der Waals surface area contributed by atoms with Crippen molar-refractivity contribution in [2.24, 2.45) is 0 Å². The Kier molecular flexibility index (Phi) is 4.05. The van der Waals surface area contributed by atoms with E-state index in [0.717, 1.165) is 11.4 Å². The molecule has 0 heterocycles. The molecule has 54 valence electrons. The predicted octanol–water partition coefficient (Wildman–Crippen LogP) is 1.60. The number of amides is 1. The normalized spacial score (nSPS) is 9.22. The van der Waals surface area contributed by atoms with Crippen molar-refractivity contribution in [2.75, 3.05) is 6.54 Å². The van der Waals surface area contributed by atoms with Crippen molar-refractivity contribution in [3.8, 4) is 0 Å². The summed E-state index contributed by atoms with van der Waals surface area (Å²) in [4.78, 5) is 10.7. The molecule has 9 heavy (non-hydrogen) atoms. The molecule has 0 aromatic heterocycles. The third-order valence-corrected chi connectivity index (χ3v) is 1.08. The Morgan fingerprint density at radius 1 is 1.56 bits per heavy atom. The number of hydrogen-bond donors (Lipinski definition) is 0. The van der Waals surface area contributed by atoms with Gasteiger partial charge in [-0.15, -0.1) is 0 Å². The Bertz CT molecular complexity index is 93.1. The van der Waals surface area contributed by atoms with E-state index in [1.807, 2.05) is 6.92 Å². The summed E-state index contributed by atoms with van der Waals surface area (Å²) in [6, 6.07) is 0. The van der Waals surface area contributed by atoms with Gasteiger partial charge in [0.2, 0.25) is 5.91 Å². The van der Waals surface area contributed by atoms with E-state index in [9.17, 15) is 4.79 Å². The lowest BCUT2D eigenvalue weighted by Crippen LogP contribution is -2.21. The van der Waals surface area contributed by atoms with Crippen LogP contribution in [0.3, 0.4) is 0 Å². The molecule has 0 aliphatic carbocycles. The number of carbonyl (C=O) groups excluding carboxylic acids is 1. The molecule has 0 rings (SSSR count). The van der Waals surface area contributed by atoms with Crippen LogP contribution in [0.1, 0.15) is 26.7 Å². The van der Waals surface area contributed by atoms with Crippen LogP contribution in [0.15, 0.2) is 0 Å². The third-order valence-electron chi connectivity index (χ3n) is 1.08. The van der Waals surface area contributed by atoms with Crippen LogP contribution >= 0.6 is 0 Å². The highest BCUT2D eigenvalue weighted by molar-refractivity contribution is 5.76. The van der Waals surface area contributed by atoms with Gasteiger partial charge in [-0.1, -0.05) is 6.92 Å². The van der Waals surface area contributed by atoms with Gasteiger partial charge in [0.05, 0.1) is 0 Å². The van der Waals surface area contributed by atoms with E-state index in [2.05, 4.69) is 0 Å². The highest BCUT2D eigenvalue weighted by Gasteiger charge is 1.97. The Morgan fingerprint density at radius 3 is 2.44 bits per heavy atom. The highest BCUT2D eigenvalue weighted by atomic mass is 16.2. The summed E-state index contributed by atoms with van der Waals surface area (Å²) in [6.45, 7) is 4.21. The van der Waals surface area contributed by atoms with Gasteiger partial charge in [-0.2, -0.15) is 0 Å². The SMILES string of the molecule is CCCC(=O)N([NH-])CC. The number of nitrogens with one attached hydrogen (secondary N) is 1. The summed E-state index contributed by atoms with van der Waals surface area (Å²) in [5, 5.41) is 0.990. The van der Waals surface area contributed by atoms with Crippen molar-refractivity contribution in [1.82, 2.24) is 5.01 Å². The molecule has 0 saturated heterocycles. The van der Waals surface area contributed by atoms with Gasteiger partial charge in [0.1, 0.15) is 0 Å². The minimum Gasteiger partial charge on any atom is -0.581 e. The fraction of sp³-hybridized carbons (Fsp3) is 0.833. The lowest BCUT2D eigenvalue weighted by atomic mass is 10.3. The topological polar surface area (TPSA) is 44.1 Å². The van der Waals surface area contributed by atoms with Crippen LogP contribution in [0.25, 0.3) is 5.84 Å². The van der Waals surface area contributed by atoms with Crippen LogP contribution in [0.4, 0.5) is 0 Å². The van der Waals surface area contributed by atoms with Crippen molar-refractivity contribution in [3.05, 3.63) is 5.84 Å². The zero-order chi connectivity index (χ0) is 7.28. The first-order valence-corrected chi connectivity index (χ1v) is 3.24. The molecule has 0 aliphatic rings. The number of rotatable bonds is 3. The molecule has 0 bridgehead atoms. The summed E-state index contributed by atoms with van der Waals surface area (Å²) in [6.07, 6.45) is 1.32. The summed E-state index contributed by atoms with van der Waals surface area (Å²) in [7, 11) is 0. The molecule has 1 N–H and O–H groups in total. The quantitative estimate of drug-likeness (QED) is 0.534. The van der Waals surface area contributed by atoms with Gasteiger partial charge in [-0.3, -0.25) is 4.79 Å². The molecule has 0 aliphatic heterocycles. The Hall–Kier alpha value is -0.570. The van der Waals surface area contributed by atoms with Crippen molar-refractivity contribution in [2.45, 2.75) is 26.7 Å². The zero-order valence-corrected chi connectivity index (χ0v) is 5.98. The smallest absolute Gasteiger partial charge is 0.205 e. The van der Waals surface area contributed by atoms with Crippen molar-refractivity contribution in [3.63, 3.8) is 0 Å². The monoisotopic (exact) mass is 129 g/mol. The molecule has 0 spiro atoms. The molecular formula is C6H13N2O-. The van der Waals surface area contributed by atoms with E-state index < -0.39 is 0 Å². The molecule has 0 aromatic rings. The van der Waals surface area contributed by atoms with Crippen LogP contribution in [0, 0.1) is 0 Å². The molecule has 3 heteroatoms. The van der Waals surface area contributed by atoms with Gasteiger partial charge in [-0.25, -0.2) is 0 Å². The Morgan fingerprint density at radius 2 is 2.11 bits per heavy atom. The average molecular weight is 129 g/mol. The van der Waals surface area contributed by atoms with Gasteiger partial charge < -0.3 is 10.9 Å². The molecular weight excluding hydrogens is 116 g/mol. The molecule has 0 unspecified atom stereocenters. The molecule has 0 radical (unpaired) electrons. The second-order valence-electron chi connectivity index (χ2n) is 1.89. The van der Waals surface area contributed by atoms with Gasteiger partial charge >= 0.3 is 0 Å². The number of carbonyl (C=O) groups is 1. The minimum absolute atomic E-state index is 0.0833. The largest absolute Gasteiger partial charge is 0.581 e. The first-order chi connectivity index (χ1) is 4.22. The van der Waals surface area contributed by atoms with Crippen LogP contribution in [-0.2, 0) is 4.79 Å². The van der Waals surface area contributed by atoms with Crippen molar-refractivity contribution < 1.29 is 4.79 Å². The standard InChI is InChI=1S/C6H13N2O/c1-3-5-6(9)8(7)4-2/h7H,3-5H2,1-2H3/q-1. The molecule has 0 atom stereocenters. The molecule has 0 saturated carbocycles. The molecule has 0 aromatic carbocycles. The third kappa shape index (κ3) is 3.08. The average Bonchev–Trinajstić information content (AvgIpc) is 1.87. The van der Waals surface area contributed by atoms with E-state index >= 15 is 0 Å². The number of nitrogens with zero attached hydrogens (tertiary/aromatic N) is 1. The maximum absolute atomic E-state index is 10.7. The highest BCUT2D eigenvalue weighted by Crippen LogP contribution is 1.95. The van der Waals surface area contributed by atoms with Crippen LogP contribution in [0.2, 0.25) is 0 Å². The van der Waals surface area contributed by atoms with Gasteiger partial charge in [-0.05, 0) is 19.9 Å². The fourth-order valence-electron chi connectivity index (χ4n) is 0.525. The number of hydrogen-bond acceptors (Lipinski definition) is 1. The van der Waals surface area contributed by atoms with Gasteiger partial charge in [0.25, 0.3) is 0 Å². The maximum Gasteiger partial charge on any atom is 0.205 e. The van der Waals surface area contributed by atoms with Crippen LogP contribution < -0.4 is 0 Å². The molecule has 1 amide bonds. The van der Waals surface area contributed by atoms with Crippen LogP contribution in [0.5, 0.6) is 0 Å². The van der Waals surface area contributed by atoms with E-state index in [1.54, 1.807) is 6.92 Å². The lowest BCUT2D eigenvalue weighted by Gasteiger charge is -2.24. The first kappa shape index (κ1) is 8.43. The van der Waals surface area contributed by atoms with E-state index in [-0.39, 0.29) is 5.91 Å². The van der Waals surface area contributed by atoms with Gasteiger partial charge in [0, 0.05) is 6.42 Å². The maximum atomic E-state index is 10.7. The lowest BCUT2D eigenvalue weighted by molar-refractivity contribution is -0.128. The Labute approximate surface area is 55.8 Å². The van der Waals surface area contributed by atoms with Crippen molar-refractivity contribution >= 4 is 5.91 Å². The summed E-state index contributed by atoms with van der Waals surface area (Å²) < 4.78 is 0. The summed E-state index contributed by atoms with van der Waals surface area (Å²) in [5.41, 5.74) is 0. The summed E-state index contributed by atoms with van der Waals surface area (Å²) >= 11 is 0. The fourth-order valence-corrected chi connectivity index (χ4v) is 0.525.